The van der Waals surface area contributed by atoms with E-state index in [1.54, 1.807) is 0 Å². The Hall–Kier alpha value is -1.49. The van der Waals surface area contributed by atoms with Gasteiger partial charge in [0, 0.05) is 6.54 Å². The molecule has 0 fully saturated rings. The first-order valence-electron chi connectivity index (χ1n) is 27.4. The van der Waals surface area contributed by atoms with Crippen LogP contribution in [-0.4, -0.2) is 96.1 Å². The number of nitrogens with one attached hydrogen (secondary N) is 4. The number of rotatable bonds is 51. The smallest absolute Gasteiger partial charge is 0.318 e. The summed E-state index contributed by atoms with van der Waals surface area (Å²) in [5.41, 5.74) is 5.54. The van der Waals surface area contributed by atoms with Gasteiger partial charge in [-0.1, -0.05) is 161 Å². The standard InChI is InChI=1S/C54H110N6O3/c1-6-9-11-13-15-17-19-21-23-25-27-29-31-33-35-39-51-62-54(8-3,63-52-40-36-34-32-30-28-26-24-22-20-18-16-14-12-10-7-2)60(4,5)50-49-59-53(61)58-48-42-47-57-45-38-37-44-56-46-41-43-55/h21-24,56-57H,6-20,25-52,55H2,1-5H3,(H-,58,59,61)/p+1. The van der Waals surface area contributed by atoms with Crippen molar-refractivity contribution in [1.82, 2.24) is 21.3 Å². The summed E-state index contributed by atoms with van der Waals surface area (Å²) in [4.78, 5) is 12.7. The highest BCUT2D eigenvalue weighted by molar-refractivity contribution is 5.73. The number of hydrogen-bond donors (Lipinski definition) is 5. The third kappa shape index (κ3) is 40.5. The van der Waals surface area contributed by atoms with Crippen LogP contribution < -0.4 is 27.0 Å². The fraction of sp³-hybridized carbons (Fsp3) is 0.907. The topological polar surface area (TPSA) is 110 Å². The zero-order chi connectivity index (χ0) is 46.1. The molecule has 0 aliphatic carbocycles. The molecule has 63 heavy (non-hydrogen) atoms. The molecule has 0 aromatic heterocycles. The SMILES string of the molecule is CCCCCCCCC=CCCCCCCCCOC(CC)(OCCCCCCCCC=CCCCCCCCC)[N+](C)(C)CCNC(=O)NCCCNCCCCNCCCN. The Morgan fingerprint density at radius 1 is 0.460 bits per heavy atom. The quantitative estimate of drug-likeness (QED) is 0.0180. The fourth-order valence-electron chi connectivity index (χ4n) is 8.26. The third-order valence-electron chi connectivity index (χ3n) is 12.6. The fourth-order valence-corrected chi connectivity index (χ4v) is 8.26. The predicted molar refractivity (Wildman–Crippen MR) is 275 cm³/mol. The van der Waals surface area contributed by atoms with E-state index in [-0.39, 0.29) is 6.03 Å². The summed E-state index contributed by atoms with van der Waals surface area (Å²) >= 11 is 0. The van der Waals surface area contributed by atoms with Crippen LogP contribution in [0.3, 0.4) is 0 Å². The maximum absolute atomic E-state index is 12.7. The molecule has 374 valence electrons. The molecule has 0 rings (SSSR count). The van der Waals surface area contributed by atoms with Gasteiger partial charge in [0.15, 0.2) is 0 Å². The molecule has 0 radical (unpaired) electrons. The van der Waals surface area contributed by atoms with Crippen LogP contribution in [0.5, 0.6) is 0 Å². The molecule has 0 unspecified atom stereocenters. The van der Waals surface area contributed by atoms with Crippen LogP contribution in [0.25, 0.3) is 0 Å². The predicted octanol–water partition coefficient (Wildman–Crippen LogP) is 13.2. The lowest BCUT2D eigenvalue weighted by atomic mass is 10.1. The summed E-state index contributed by atoms with van der Waals surface area (Å²) in [7, 11) is 4.41. The van der Waals surface area contributed by atoms with Gasteiger partial charge in [-0.3, -0.25) is 4.48 Å². The van der Waals surface area contributed by atoms with Crippen molar-refractivity contribution in [2.24, 2.45) is 5.73 Å². The number of nitrogens with two attached hydrogens (primary N) is 1. The number of urea groups is 1. The Bertz CT molecular complexity index is 949. The first-order chi connectivity index (χ1) is 30.9. The molecule has 0 bridgehead atoms. The first-order valence-corrected chi connectivity index (χ1v) is 27.4. The van der Waals surface area contributed by atoms with Gasteiger partial charge in [0.25, 0.3) is 0 Å². The monoisotopic (exact) mass is 892 g/mol. The number of ether oxygens (including phenoxy) is 2. The van der Waals surface area contributed by atoms with Crippen molar-refractivity contribution in [3.05, 3.63) is 24.3 Å². The molecule has 0 atom stereocenters. The third-order valence-corrected chi connectivity index (χ3v) is 12.6. The lowest BCUT2D eigenvalue weighted by molar-refractivity contribution is -0.996. The molecule has 9 nitrogen and oxygen atoms in total. The van der Waals surface area contributed by atoms with E-state index in [0.29, 0.717) is 30.8 Å². The Morgan fingerprint density at radius 3 is 1.24 bits per heavy atom. The van der Waals surface area contributed by atoms with E-state index in [2.05, 4.69) is 80.4 Å². The van der Waals surface area contributed by atoms with E-state index in [1.807, 2.05) is 0 Å². The lowest BCUT2D eigenvalue weighted by Crippen LogP contribution is -2.64. The van der Waals surface area contributed by atoms with E-state index in [9.17, 15) is 4.79 Å². The summed E-state index contributed by atoms with van der Waals surface area (Å²) in [5.74, 6) is -0.728. The first kappa shape index (κ1) is 61.5. The number of allylic oxidation sites excluding steroid dienone is 4. The van der Waals surface area contributed by atoms with Crippen molar-refractivity contribution in [1.29, 1.82) is 0 Å². The van der Waals surface area contributed by atoms with Crippen molar-refractivity contribution in [3.8, 4) is 0 Å². The van der Waals surface area contributed by atoms with Gasteiger partial charge in [0.2, 0.25) is 0 Å². The minimum absolute atomic E-state index is 0.101. The number of nitrogens with zero attached hydrogens (tertiary/aromatic N) is 1. The van der Waals surface area contributed by atoms with E-state index >= 15 is 0 Å². The van der Waals surface area contributed by atoms with Gasteiger partial charge >= 0.3 is 11.9 Å². The normalized spacial score (nSPS) is 13.1. The van der Waals surface area contributed by atoms with Gasteiger partial charge in [-0.2, -0.15) is 0 Å². The van der Waals surface area contributed by atoms with Crippen molar-refractivity contribution < 1.29 is 18.8 Å². The summed E-state index contributed by atoms with van der Waals surface area (Å²) < 4.78 is 14.1. The van der Waals surface area contributed by atoms with Gasteiger partial charge in [0.05, 0.1) is 40.3 Å². The number of quaternary nitrogens is 1. The van der Waals surface area contributed by atoms with Gasteiger partial charge in [-0.05, 0) is 123 Å². The van der Waals surface area contributed by atoms with Crippen molar-refractivity contribution in [2.45, 2.75) is 239 Å². The molecule has 9 heteroatoms. The van der Waals surface area contributed by atoms with Crippen LogP contribution >= 0.6 is 0 Å². The summed E-state index contributed by atoms with van der Waals surface area (Å²) in [6.45, 7) is 14.9. The van der Waals surface area contributed by atoms with Crippen molar-refractivity contribution in [3.63, 3.8) is 0 Å². The second-order valence-corrected chi connectivity index (χ2v) is 18.9. The molecular weight excluding hydrogens is 781 g/mol. The average Bonchev–Trinajstić information content (AvgIpc) is 3.28. The van der Waals surface area contributed by atoms with Crippen molar-refractivity contribution in [2.75, 3.05) is 79.7 Å². The Kier molecular flexibility index (Phi) is 47.3. The zero-order valence-corrected chi connectivity index (χ0v) is 43.0. The van der Waals surface area contributed by atoms with Crippen LogP contribution in [0.2, 0.25) is 0 Å². The minimum Gasteiger partial charge on any atom is -0.338 e. The molecule has 0 saturated heterocycles. The Balaban J connectivity index is 4.62. The highest BCUT2D eigenvalue weighted by atomic mass is 16.7. The van der Waals surface area contributed by atoms with Crippen molar-refractivity contribution >= 4 is 6.03 Å². The van der Waals surface area contributed by atoms with E-state index in [4.69, 9.17) is 15.2 Å². The summed E-state index contributed by atoms with van der Waals surface area (Å²) in [6, 6.07) is -0.101. The molecule has 0 aromatic rings. The van der Waals surface area contributed by atoms with Crippen LogP contribution in [0, 0.1) is 0 Å². The van der Waals surface area contributed by atoms with Crippen LogP contribution in [0.15, 0.2) is 24.3 Å². The van der Waals surface area contributed by atoms with E-state index < -0.39 is 5.91 Å². The maximum Gasteiger partial charge on any atom is 0.318 e. The number of amides is 2. The molecular formula is C54H111N6O3+. The second kappa shape index (κ2) is 48.4. The molecule has 0 spiro atoms. The molecule has 6 N–H and O–H groups in total. The Morgan fingerprint density at radius 2 is 0.825 bits per heavy atom. The largest absolute Gasteiger partial charge is 0.338 e. The van der Waals surface area contributed by atoms with Crippen LogP contribution in [0.1, 0.15) is 233 Å². The second-order valence-electron chi connectivity index (χ2n) is 18.9. The average molecular weight is 893 g/mol. The van der Waals surface area contributed by atoms with Gasteiger partial charge in [-0.25, -0.2) is 4.79 Å². The summed E-state index contributed by atoms with van der Waals surface area (Å²) in [5, 5.41) is 13.1. The Labute approximate surface area is 393 Å². The number of carbonyl (C=O) groups is 1. The zero-order valence-electron chi connectivity index (χ0n) is 43.0. The molecule has 0 aromatic carbocycles. The number of likely N-dealkylation sites (N-methyl/N-ethyl adjacent to an activating group) is 1. The highest BCUT2D eigenvalue weighted by Gasteiger charge is 2.47. The van der Waals surface area contributed by atoms with Gasteiger partial charge in [-0.15, -0.1) is 0 Å². The van der Waals surface area contributed by atoms with Crippen LogP contribution in [0.4, 0.5) is 4.79 Å². The molecule has 2 amide bonds. The lowest BCUT2D eigenvalue weighted by Gasteiger charge is -2.46. The minimum atomic E-state index is -0.728. The molecule has 0 saturated carbocycles. The van der Waals surface area contributed by atoms with E-state index in [0.717, 1.165) is 84.2 Å². The van der Waals surface area contributed by atoms with E-state index in [1.165, 1.54) is 167 Å². The van der Waals surface area contributed by atoms with Crippen LogP contribution in [-0.2, 0) is 9.47 Å². The molecule has 0 aliphatic rings. The number of carbonyl (C=O) groups excluding carboxylic acids is 1. The number of unbranched alkanes of at least 4 members (excludes halogenated alkanes) is 25. The highest BCUT2D eigenvalue weighted by Crippen LogP contribution is 2.29. The molecule has 0 aliphatic heterocycles. The van der Waals surface area contributed by atoms with Gasteiger partial charge in [0.1, 0.15) is 6.54 Å². The van der Waals surface area contributed by atoms with Gasteiger partial charge < -0.3 is 36.5 Å². The summed E-state index contributed by atoms with van der Waals surface area (Å²) in [6.07, 6.45) is 51.1. The molecule has 0 heterocycles. The maximum atomic E-state index is 12.7. The number of hydrogen-bond acceptors (Lipinski definition) is 6.